The van der Waals surface area contributed by atoms with Crippen LogP contribution in [-0.2, 0) is 9.47 Å². The van der Waals surface area contributed by atoms with E-state index >= 15 is 0 Å². The number of aromatic nitrogens is 2. The minimum atomic E-state index is -0.573. The number of nitrogens with one attached hydrogen (secondary N) is 1. The van der Waals surface area contributed by atoms with E-state index in [1.54, 1.807) is 28.4 Å². The highest BCUT2D eigenvalue weighted by Gasteiger charge is 2.44. The molecule has 1 aliphatic heterocycles. The number of methoxy groups -OCH3 is 2. The van der Waals surface area contributed by atoms with Gasteiger partial charge >= 0.3 is 0 Å². The van der Waals surface area contributed by atoms with Gasteiger partial charge in [-0.1, -0.05) is 35.3 Å². The number of aromatic amines is 1. The topological polar surface area (TPSA) is 67.5 Å². The van der Waals surface area contributed by atoms with Gasteiger partial charge in [0.2, 0.25) is 0 Å². The summed E-state index contributed by atoms with van der Waals surface area (Å²) in [4.78, 5) is 15.8. The maximum atomic E-state index is 13.2. The largest absolute Gasteiger partial charge is 0.354 e. The summed E-state index contributed by atoms with van der Waals surface area (Å²) < 4.78 is 10.6. The molecule has 6 nitrogen and oxygen atoms in total. The molecule has 1 atom stereocenters. The highest BCUT2D eigenvalue weighted by atomic mass is 35.5. The van der Waals surface area contributed by atoms with E-state index in [1.807, 2.05) is 23.6 Å². The molecule has 0 saturated heterocycles. The van der Waals surface area contributed by atoms with Crippen molar-refractivity contribution >= 4 is 40.4 Å². The van der Waals surface area contributed by atoms with Crippen molar-refractivity contribution in [3.8, 4) is 10.6 Å². The van der Waals surface area contributed by atoms with Gasteiger partial charge in [-0.3, -0.25) is 9.89 Å². The molecule has 1 aromatic carbocycles. The monoisotopic (exact) mass is 437 g/mol. The van der Waals surface area contributed by atoms with Crippen molar-refractivity contribution in [2.45, 2.75) is 12.3 Å². The number of amides is 1. The van der Waals surface area contributed by atoms with Gasteiger partial charge in [-0.15, -0.1) is 11.3 Å². The average molecular weight is 438 g/mol. The summed E-state index contributed by atoms with van der Waals surface area (Å²) in [7, 11) is 3.07. The second kappa shape index (κ2) is 7.85. The summed E-state index contributed by atoms with van der Waals surface area (Å²) in [5.41, 5.74) is 2.75. The third-order valence-corrected chi connectivity index (χ3v) is 6.20. The number of fused-ring (bicyclic) bond motifs is 1. The van der Waals surface area contributed by atoms with E-state index in [0.29, 0.717) is 15.7 Å². The van der Waals surface area contributed by atoms with Gasteiger partial charge in [0, 0.05) is 29.8 Å². The maximum Gasteiger partial charge on any atom is 0.275 e. The summed E-state index contributed by atoms with van der Waals surface area (Å²) in [5.74, 6) is -0.204. The van der Waals surface area contributed by atoms with E-state index in [1.165, 1.54) is 14.2 Å². The van der Waals surface area contributed by atoms with Crippen LogP contribution in [0.4, 0.5) is 0 Å². The van der Waals surface area contributed by atoms with E-state index in [0.717, 1.165) is 21.7 Å². The van der Waals surface area contributed by atoms with Crippen molar-refractivity contribution in [1.29, 1.82) is 0 Å². The Bertz CT molecular complexity index is 1000. The molecule has 3 aromatic rings. The summed E-state index contributed by atoms with van der Waals surface area (Å²) in [6, 6.07) is 8.78. The maximum absolute atomic E-state index is 13.2. The van der Waals surface area contributed by atoms with E-state index in [2.05, 4.69) is 10.2 Å². The molecular weight excluding hydrogens is 421 g/mol. The van der Waals surface area contributed by atoms with Crippen LogP contribution in [0.25, 0.3) is 10.6 Å². The predicted octanol–water partition coefficient (Wildman–Crippen LogP) is 4.61. The van der Waals surface area contributed by atoms with Gasteiger partial charge in [0.15, 0.2) is 12.0 Å². The van der Waals surface area contributed by atoms with Crippen molar-refractivity contribution in [3.05, 3.63) is 62.6 Å². The first-order valence-electron chi connectivity index (χ1n) is 8.48. The predicted molar refractivity (Wildman–Crippen MR) is 109 cm³/mol. The average Bonchev–Trinajstić information content (AvgIpc) is 3.39. The quantitative estimate of drug-likeness (QED) is 0.571. The fourth-order valence-electron chi connectivity index (χ4n) is 3.44. The number of rotatable bonds is 6. The molecule has 1 amide bonds. The van der Waals surface area contributed by atoms with Crippen LogP contribution in [0.2, 0.25) is 10.0 Å². The van der Waals surface area contributed by atoms with Gasteiger partial charge in [0.25, 0.3) is 5.91 Å². The molecule has 146 valence electrons. The van der Waals surface area contributed by atoms with Crippen LogP contribution >= 0.6 is 34.5 Å². The molecule has 1 N–H and O–H groups in total. The first-order valence-corrected chi connectivity index (χ1v) is 10.1. The lowest BCUT2D eigenvalue weighted by Gasteiger charge is -2.29. The Morgan fingerprint density at radius 1 is 1.29 bits per heavy atom. The zero-order valence-electron chi connectivity index (χ0n) is 15.1. The Balaban J connectivity index is 1.87. The van der Waals surface area contributed by atoms with Crippen molar-refractivity contribution in [2.24, 2.45) is 0 Å². The summed E-state index contributed by atoms with van der Waals surface area (Å²) in [5, 5.41) is 10.3. The first-order chi connectivity index (χ1) is 13.5. The molecule has 0 fully saturated rings. The molecule has 0 aliphatic carbocycles. The molecular formula is C19H17Cl2N3O3S. The van der Waals surface area contributed by atoms with Gasteiger partial charge in [0.05, 0.1) is 23.2 Å². The highest BCUT2D eigenvalue weighted by Crippen LogP contribution is 2.45. The zero-order valence-corrected chi connectivity index (χ0v) is 17.4. The summed E-state index contributed by atoms with van der Waals surface area (Å²) in [6.45, 7) is 0.232. The fraction of sp³-hybridized carbons (Fsp3) is 0.263. The van der Waals surface area contributed by atoms with Crippen LogP contribution in [0.5, 0.6) is 0 Å². The standard InChI is InChI=1S/C19H17Cl2N3O3S/c1-26-14(27-2)9-24-18(11-6-5-10(20)8-12(11)21)15-16(13-4-3-7-28-13)22-23-17(15)19(24)25/h3-8,14,18H,9H2,1-2H3,(H,22,23). The lowest BCUT2D eigenvalue weighted by atomic mass is 9.98. The second-order valence-electron chi connectivity index (χ2n) is 6.27. The minimum Gasteiger partial charge on any atom is -0.354 e. The number of thiophene rings is 1. The second-order valence-corrected chi connectivity index (χ2v) is 8.06. The molecule has 0 radical (unpaired) electrons. The van der Waals surface area contributed by atoms with Gasteiger partial charge in [-0.25, -0.2) is 0 Å². The van der Waals surface area contributed by atoms with Crippen molar-refractivity contribution in [2.75, 3.05) is 20.8 Å². The molecule has 1 unspecified atom stereocenters. The minimum absolute atomic E-state index is 0.204. The van der Waals surface area contributed by atoms with E-state index < -0.39 is 12.3 Å². The molecule has 28 heavy (non-hydrogen) atoms. The number of ether oxygens (including phenoxy) is 2. The Kier molecular flexibility index (Phi) is 5.44. The highest BCUT2D eigenvalue weighted by molar-refractivity contribution is 7.13. The molecule has 0 saturated carbocycles. The Morgan fingerprint density at radius 2 is 2.07 bits per heavy atom. The summed E-state index contributed by atoms with van der Waals surface area (Å²) >= 11 is 14.2. The lowest BCUT2D eigenvalue weighted by Crippen LogP contribution is -2.38. The third kappa shape index (κ3) is 3.23. The van der Waals surface area contributed by atoms with Crippen LogP contribution in [0, 0.1) is 0 Å². The molecule has 0 bridgehead atoms. The number of halogens is 2. The third-order valence-electron chi connectivity index (χ3n) is 4.75. The van der Waals surface area contributed by atoms with Crippen molar-refractivity contribution in [1.82, 2.24) is 15.1 Å². The van der Waals surface area contributed by atoms with Crippen LogP contribution in [0.15, 0.2) is 35.7 Å². The zero-order chi connectivity index (χ0) is 19.8. The molecule has 1 aliphatic rings. The fourth-order valence-corrected chi connectivity index (χ4v) is 4.68. The molecule has 4 rings (SSSR count). The number of hydrogen-bond donors (Lipinski definition) is 1. The Labute approximate surface area is 176 Å². The number of nitrogens with zero attached hydrogens (tertiary/aromatic N) is 2. The molecule has 2 aromatic heterocycles. The molecule has 0 spiro atoms. The lowest BCUT2D eigenvalue weighted by molar-refractivity contribution is -0.113. The first kappa shape index (κ1) is 19.4. The summed E-state index contributed by atoms with van der Waals surface area (Å²) in [6.07, 6.45) is -0.573. The van der Waals surface area contributed by atoms with E-state index in [4.69, 9.17) is 32.7 Å². The molecule has 9 heteroatoms. The van der Waals surface area contributed by atoms with Crippen LogP contribution in [0.1, 0.15) is 27.7 Å². The number of carbonyl (C=O) groups excluding carboxylic acids is 1. The van der Waals surface area contributed by atoms with Gasteiger partial charge < -0.3 is 14.4 Å². The SMILES string of the molecule is COC(CN1C(=O)c2n[nH]c(-c3cccs3)c2C1c1ccc(Cl)cc1Cl)OC. The number of H-pyrrole nitrogens is 1. The molecule has 3 heterocycles. The van der Waals surface area contributed by atoms with Crippen molar-refractivity contribution in [3.63, 3.8) is 0 Å². The van der Waals surface area contributed by atoms with Crippen molar-refractivity contribution < 1.29 is 14.3 Å². The number of carbonyl (C=O) groups is 1. The van der Waals surface area contributed by atoms with Crippen LogP contribution < -0.4 is 0 Å². The Morgan fingerprint density at radius 3 is 2.71 bits per heavy atom. The van der Waals surface area contributed by atoms with Crippen LogP contribution in [0.3, 0.4) is 0 Å². The van der Waals surface area contributed by atoms with E-state index in [-0.39, 0.29) is 12.5 Å². The van der Waals surface area contributed by atoms with E-state index in [9.17, 15) is 4.79 Å². The van der Waals surface area contributed by atoms with Gasteiger partial charge in [0.1, 0.15) is 0 Å². The Hall–Kier alpha value is -1.90. The van der Waals surface area contributed by atoms with Gasteiger partial charge in [-0.05, 0) is 29.1 Å². The number of benzene rings is 1. The number of hydrogen-bond acceptors (Lipinski definition) is 5. The van der Waals surface area contributed by atoms with Gasteiger partial charge in [-0.2, -0.15) is 5.10 Å². The smallest absolute Gasteiger partial charge is 0.275 e. The van der Waals surface area contributed by atoms with Crippen LogP contribution in [-0.4, -0.2) is 48.1 Å². The normalized spacial score (nSPS) is 16.2.